The van der Waals surface area contributed by atoms with Crippen molar-refractivity contribution in [2.45, 2.75) is 11.8 Å². The fourth-order valence-corrected chi connectivity index (χ4v) is 3.03. The lowest BCUT2D eigenvalue weighted by Crippen LogP contribution is -2.14. The molecule has 0 bridgehead atoms. The summed E-state index contributed by atoms with van der Waals surface area (Å²) in [6.45, 7) is 1.42. The fraction of sp³-hybridized carbons (Fsp3) is 0.188. The van der Waals surface area contributed by atoms with Gasteiger partial charge in [-0.15, -0.1) is 0 Å². The number of methoxy groups -OCH3 is 2. The largest absolute Gasteiger partial charge is 0.497 e. The molecule has 7 heteroatoms. The minimum atomic E-state index is -3.81. The van der Waals surface area contributed by atoms with Crippen molar-refractivity contribution in [3.63, 3.8) is 0 Å². The highest BCUT2D eigenvalue weighted by Crippen LogP contribution is 2.30. The maximum absolute atomic E-state index is 12.5. The van der Waals surface area contributed by atoms with Crippen LogP contribution in [0, 0.1) is 0 Å². The molecule has 0 unspecified atom stereocenters. The van der Waals surface area contributed by atoms with E-state index in [1.165, 1.54) is 51.5 Å². The quantitative estimate of drug-likeness (QED) is 0.821. The van der Waals surface area contributed by atoms with Gasteiger partial charge in [0.1, 0.15) is 11.5 Å². The Kier molecular flexibility index (Phi) is 4.90. The van der Waals surface area contributed by atoms with Crippen LogP contribution in [0.15, 0.2) is 47.4 Å². The van der Waals surface area contributed by atoms with E-state index in [-0.39, 0.29) is 16.4 Å². The van der Waals surface area contributed by atoms with Gasteiger partial charge in [-0.3, -0.25) is 9.52 Å². The summed E-state index contributed by atoms with van der Waals surface area (Å²) in [5, 5.41) is 0. The fourth-order valence-electron chi connectivity index (χ4n) is 1.97. The highest BCUT2D eigenvalue weighted by Gasteiger charge is 2.17. The lowest BCUT2D eigenvalue weighted by molar-refractivity contribution is 0.101. The summed E-state index contributed by atoms with van der Waals surface area (Å²) >= 11 is 0. The smallest absolute Gasteiger partial charge is 0.262 e. The number of hydrogen-bond acceptors (Lipinski definition) is 5. The van der Waals surface area contributed by atoms with E-state index >= 15 is 0 Å². The molecule has 1 N–H and O–H groups in total. The van der Waals surface area contributed by atoms with Crippen molar-refractivity contribution in [3.05, 3.63) is 48.0 Å². The zero-order chi connectivity index (χ0) is 17.0. The molecule has 0 heterocycles. The van der Waals surface area contributed by atoms with Crippen molar-refractivity contribution in [2.24, 2.45) is 0 Å². The molecule has 0 aliphatic carbocycles. The van der Waals surface area contributed by atoms with E-state index in [2.05, 4.69) is 4.72 Å². The Morgan fingerprint density at radius 3 is 2.17 bits per heavy atom. The SMILES string of the molecule is COc1ccc(OC)c(NS(=O)(=O)c2ccc(C(C)=O)cc2)c1. The zero-order valence-electron chi connectivity index (χ0n) is 13.0. The molecule has 0 saturated heterocycles. The van der Waals surface area contributed by atoms with E-state index < -0.39 is 10.0 Å². The second-order valence-electron chi connectivity index (χ2n) is 4.75. The highest BCUT2D eigenvalue weighted by molar-refractivity contribution is 7.92. The van der Waals surface area contributed by atoms with E-state index in [1.807, 2.05) is 0 Å². The molecule has 0 fully saturated rings. The zero-order valence-corrected chi connectivity index (χ0v) is 13.8. The molecule has 0 saturated carbocycles. The number of hydrogen-bond donors (Lipinski definition) is 1. The number of sulfonamides is 1. The minimum absolute atomic E-state index is 0.0485. The number of nitrogens with one attached hydrogen (secondary N) is 1. The normalized spacial score (nSPS) is 10.9. The number of ketones is 1. The van der Waals surface area contributed by atoms with Gasteiger partial charge in [0, 0.05) is 11.6 Å². The first kappa shape index (κ1) is 16.8. The number of anilines is 1. The number of Topliss-reactive ketones (excluding diaryl/α,β-unsaturated/α-hetero) is 1. The number of rotatable bonds is 6. The second kappa shape index (κ2) is 6.70. The molecule has 23 heavy (non-hydrogen) atoms. The topological polar surface area (TPSA) is 81.7 Å². The van der Waals surface area contributed by atoms with E-state index in [9.17, 15) is 13.2 Å². The molecule has 122 valence electrons. The van der Waals surface area contributed by atoms with Crippen LogP contribution in [0.5, 0.6) is 11.5 Å². The van der Waals surface area contributed by atoms with E-state index in [1.54, 1.807) is 12.1 Å². The highest BCUT2D eigenvalue weighted by atomic mass is 32.2. The summed E-state index contributed by atoms with van der Waals surface area (Å²) in [6.07, 6.45) is 0. The molecular weight excluding hydrogens is 318 g/mol. The van der Waals surface area contributed by atoms with Crippen LogP contribution in [0.3, 0.4) is 0 Å². The van der Waals surface area contributed by atoms with Gasteiger partial charge < -0.3 is 9.47 Å². The third kappa shape index (κ3) is 3.81. The van der Waals surface area contributed by atoms with E-state index in [0.29, 0.717) is 17.1 Å². The monoisotopic (exact) mass is 335 g/mol. The molecule has 6 nitrogen and oxygen atoms in total. The Bertz CT molecular complexity index is 813. The van der Waals surface area contributed by atoms with Gasteiger partial charge in [0.05, 0.1) is 24.8 Å². The molecule has 2 aromatic rings. The van der Waals surface area contributed by atoms with Crippen molar-refractivity contribution in [2.75, 3.05) is 18.9 Å². The Morgan fingerprint density at radius 2 is 1.65 bits per heavy atom. The Hall–Kier alpha value is -2.54. The van der Waals surface area contributed by atoms with E-state index in [4.69, 9.17) is 9.47 Å². The second-order valence-corrected chi connectivity index (χ2v) is 6.43. The van der Waals surface area contributed by atoms with Crippen molar-refractivity contribution < 1.29 is 22.7 Å². The molecule has 0 amide bonds. The standard InChI is InChI=1S/C16H17NO5S/c1-11(18)12-4-7-14(8-5-12)23(19,20)17-15-10-13(21-2)6-9-16(15)22-3/h4-10,17H,1-3H3. The minimum Gasteiger partial charge on any atom is -0.497 e. The lowest BCUT2D eigenvalue weighted by atomic mass is 10.2. The first-order valence-electron chi connectivity index (χ1n) is 6.73. The Balaban J connectivity index is 2.36. The molecular formula is C16H17NO5S. The van der Waals surface area contributed by atoms with Gasteiger partial charge in [-0.05, 0) is 31.2 Å². The van der Waals surface area contributed by atoms with Gasteiger partial charge in [0.15, 0.2) is 5.78 Å². The Morgan fingerprint density at radius 1 is 1.00 bits per heavy atom. The van der Waals surface area contributed by atoms with Crippen LogP contribution >= 0.6 is 0 Å². The van der Waals surface area contributed by atoms with Crippen molar-refractivity contribution in [1.82, 2.24) is 0 Å². The van der Waals surface area contributed by atoms with E-state index in [0.717, 1.165) is 0 Å². The van der Waals surface area contributed by atoms with Crippen LogP contribution in [-0.2, 0) is 10.0 Å². The third-order valence-corrected chi connectivity index (χ3v) is 4.60. The molecule has 0 aliphatic rings. The maximum Gasteiger partial charge on any atom is 0.262 e. The molecule has 0 aliphatic heterocycles. The first-order valence-corrected chi connectivity index (χ1v) is 8.21. The van der Waals surface area contributed by atoms with Crippen molar-refractivity contribution in [3.8, 4) is 11.5 Å². The van der Waals surface area contributed by atoms with Gasteiger partial charge in [-0.1, -0.05) is 12.1 Å². The van der Waals surface area contributed by atoms with Gasteiger partial charge in [-0.25, -0.2) is 8.42 Å². The molecule has 2 aromatic carbocycles. The third-order valence-electron chi connectivity index (χ3n) is 3.22. The van der Waals surface area contributed by atoms with Gasteiger partial charge in [0.2, 0.25) is 0 Å². The lowest BCUT2D eigenvalue weighted by Gasteiger charge is -2.13. The number of ether oxygens (including phenoxy) is 2. The van der Waals surface area contributed by atoms with Crippen LogP contribution in [0.25, 0.3) is 0 Å². The molecule has 0 aromatic heterocycles. The van der Waals surface area contributed by atoms with Crippen molar-refractivity contribution in [1.29, 1.82) is 0 Å². The average Bonchev–Trinajstić information content (AvgIpc) is 2.54. The number of carbonyl (C=O) groups excluding carboxylic acids is 1. The van der Waals surface area contributed by atoms with Crippen LogP contribution in [0.4, 0.5) is 5.69 Å². The molecule has 0 radical (unpaired) electrons. The summed E-state index contributed by atoms with van der Waals surface area (Å²) in [6, 6.07) is 10.5. The van der Waals surface area contributed by atoms with Crippen LogP contribution in [-0.4, -0.2) is 28.4 Å². The summed E-state index contributed by atoms with van der Waals surface area (Å²) in [5.41, 5.74) is 0.713. The van der Waals surface area contributed by atoms with Gasteiger partial charge >= 0.3 is 0 Å². The molecule has 2 rings (SSSR count). The van der Waals surface area contributed by atoms with Gasteiger partial charge in [0.25, 0.3) is 10.0 Å². The predicted molar refractivity (Wildman–Crippen MR) is 86.8 cm³/mol. The van der Waals surface area contributed by atoms with Crippen LogP contribution < -0.4 is 14.2 Å². The predicted octanol–water partition coefficient (Wildman–Crippen LogP) is 2.71. The summed E-state index contributed by atoms with van der Waals surface area (Å²) in [5.74, 6) is 0.738. The van der Waals surface area contributed by atoms with Crippen LogP contribution in [0.2, 0.25) is 0 Å². The Labute approximate surface area is 135 Å². The van der Waals surface area contributed by atoms with Gasteiger partial charge in [-0.2, -0.15) is 0 Å². The molecule has 0 atom stereocenters. The molecule has 0 spiro atoms. The maximum atomic E-state index is 12.5. The first-order chi connectivity index (χ1) is 10.9. The van der Waals surface area contributed by atoms with Crippen LogP contribution in [0.1, 0.15) is 17.3 Å². The van der Waals surface area contributed by atoms with Crippen molar-refractivity contribution >= 4 is 21.5 Å². The number of carbonyl (C=O) groups is 1. The summed E-state index contributed by atoms with van der Waals surface area (Å²) in [7, 11) is -0.878. The summed E-state index contributed by atoms with van der Waals surface area (Å²) < 4.78 is 37.6. The summed E-state index contributed by atoms with van der Waals surface area (Å²) in [4.78, 5) is 11.3. The average molecular weight is 335 g/mol. The number of benzene rings is 2.